The topological polar surface area (TPSA) is 110 Å². The average Bonchev–Trinajstić information content (AvgIpc) is 3.05. The van der Waals surface area contributed by atoms with Gasteiger partial charge in [0.25, 0.3) is 0 Å². The number of tetrazole rings is 1. The van der Waals surface area contributed by atoms with Crippen LogP contribution in [0.5, 0.6) is 0 Å². The van der Waals surface area contributed by atoms with E-state index in [-0.39, 0.29) is 6.54 Å². The smallest absolute Gasteiger partial charge is 0.326 e. The van der Waals surface area contributed by atoms with Crippen molar-refractivity contribution < 1.29 is 14.7 Å². The highest BCUT2D eigenvalue weighted by atomic mass is 32.1. The largest absolute Gasteiger partial charge is 0.480 e. The van der Waals surface area contributed by atoms with E-state index in [1.165, 1.54) is 11.3 Å². The van der Waals surface area contributed by atoms with E-state index in [0.29, 0.717) is 12.2 Å². The van der Waals surface area contributed by atoms with Crippen molar-refractivity contribution >= 4 is 23.2 Å². The summed E-state index contributed by atoms with van der Waals surface area (Å²) in [6.07, 6.45) is 0.312. The van der Waals surface area contributed by atoms with E-state index in [0.717, 1.165) is 9.67 Å². The van der Waals surface area contributed by atoms with E-state index in [2.05, 4.69) is 20.7 Å². The van der Waals surface area contributed by atoms with Gasteiger partial charge in [0.2, 0.25) is 11.7 Å². The van der Waals surface area contributed by atoms with Crippen molar-refractivity contribution in [2.75, 3.05) is 0 Å². The number of carboxylic acids is 1. The van der Waals surface area contributed by atoms with Gasteiger partial charge in [-0.15, -0.1) is 21.5 Å². The summed E-state index contributed by atoms with van der Waals surface area (Å²) in [7, 11) is 0. The fourth-order valence-electron chi connectivity index (χ4n) is 1.52. The summed E-state index contributed by atoms with van der Waals surface area (Å²) < 4.78 is 0. The van der Waals surface area contributed by atoms with Crippen LogP contribution < -0.4 is 5.32 Å². The molecule has 0 saturated carbocycles. The maximum absolute atomic E-state index is 11.7. The molecule has 106 valence electrons. The second-order valence-corrected chi connectivity index (χ2v) is 4.94. The van der Waals surface area contributed by atoms with Gasteiger partial charge in [-0.1, -0.05) is 13.0 Å². The first-order valence-electron chi connectivity index (χ1n) is 5.94. The SMILES string of the molecule is CCC(NC(=O)Cn1nnc(-c2cccs2)n1)C(=O)O. The number of nitrogens with zero attached hydrogens (tertiary/aromatic N) is 4. The molecule has 2 aromatic heterocycles. The van der Waals surface area contributed by atoms with Crippen LogP contribution in [0.2, 0.25) is 0 Å². The summed E-state index contributed by atoms with van der Waals surface area (Å²) in [5, 5.41) is 24.8. The molecule has 2 N–H and O–H groups in total. The quantitative estimate of drug-likeness (QED) is 0.797. The van der Waals surface area contributed by atoms with Gasteiger partial charge >= 0.3 is 5.97 Å². The van der Waals surface area contributed by atoms with Crippen molar-refractivity contribution in [2.45, 2.75) is 25.9 Å². The van der Waals surface area contributed by atoms with Gasteiger partial charge in [0, 0.05) is 0 Å². The number of aliphatic carboxylic acids is 1. The van der Waals surface area contributed by atoms with Gasteiger partial charge in [0.1, 0.15) is 12.6 Å². The molecule has 0 aliphatic carbocycles. The van der Waals surface area contributed by atoms with Crippen LogP contribution in [0.25, 0.3) is 10.7 Å². The number of carboxylic acid groups (broad SMARTS) is 1. The molecule has 1 amide bonds. The molecule has 0 fully saturated rings. The van der Waals surface area contributed by atoms with E-state index in [9.17, 15) is 9.59 Å². The van der Waals surface area contributed by atoms with Gasteiger partial charge < -0.3 is 10.4 Å². The van der Waals surface area contributed by atoms with Crippen LogP contribution in [0, 0.1) is 0 Å². The third kappa shape index (κ3) is 3.38. The monoisotopic (exact) mass is 295 g/mol. The molecule has 2 heterocycles. The fourth-order valence-corrected chi connectivity index (χ4v) is 2.17. The summed E-state index contributed by atoms with van der Waals surface area (Å²) >= 11 is 1.47. The van der Waals surface area contributed by atoms with Gasteiger partial charge in [-0.2, -0.15) is 4.80 Å². The Bertz CT molecular complexity index is 595. The molecule has 1 unspecified atom stereocenters. The second kappa shape index (κ2) is 6.24. The molecule has 0 spiro atoms. The summed E-state index contributed by atoms with van der Waals surface area (Å²) in [6.45, 7) is 1.52. The third-order valence-corrected chi connectivity index (χ3v) is 3.39. The van der Waals surface area contributed by atoms with E-state index in [1.54, 1.807) is 6.92 Å². The van der Waals surface area contributed by atoms with Gasteiger partial charge in [-0.3, -0.25) is 4.79 Å². The molecule has 2 rings (SSSR count). The Kier molecular flexibility index (Phi) is 4.41. The Hall–Kier alpha value is -2.29. The Balaban J connectivity index is 1.97. The van der Waals surface area contributed by atoms with Gasteiger partial charge in [0.15, 0.2) is 0 Å². The van der Waals surface area contributed by atoms with E-state index in [1.807, 2.05) is 17.5 Å². The number of hydrogen-bond donors (Lipinski definition) is 2. The fraction of sp³-hybridized carbons (Fsp3) is 0.364. The molecule has 8 nitrogen and oxygen atoms in total. The van der Waals surface area contributed by atoms with Crippen molar-refractivity contribution in [2.24, 2.45) is 0 Å². The minimum Gasteiger partial charge on any atom is -0.480 e. The zero-order valence-electron chi connectivity index (χ0n) is 10.7. The Morgan fingerprint density at radius 2 is 2.35 bits per heavy atom. The summed E-state index contributed by atoms with van der Waals surface area (Å²) in [6, 6.07) is 2.82. The normalized spacial score (nSPS) is 12.1. The molecule has 9 heteroatoms. The standard InChI is InChI=1S/C11H13N5O3S/c1-2-7(11(18)19)12-9(17)6-16-14-10(13-15-16)8-4-3-5-20-8/h3-5,7H,2,6H2,1H3,(H,12,17)(H,18,19). The Morgan fingerprint density at radius 1 is 1.55 bits per heavy atom. The first-order chi connectivity index (χ1) is 9.60. The predicted octanol–water partition coefficient (Wildman–Crippen LogP) is 0.381. The molecular weight excluding hydrogens is 282 g/mol. The van der Waals surface area contributed by atoms with E-state index >= 15 is 0 Å². The molecule has 0 radical (unpaired) electrons. The zero-order chi connectivity index (χ0) is 14.5. The molecule has 0 aliphatic rings. The number of nitrogens with one attached hydrogen (secondary N) is 1. The first kappa shape index (κ1) is 14.1. The third-order valence-electron chi connectivity index (χ3n) is 2.52. The molecule has 20 heavy (non-hydrogen) atoms. The van der Waals surface area contributed by atoms with Crippen molar-refractivity contribution in [3.05, 3.63) is 17.5 Å². The number of aromatic nitrogens is 4. The van der Waals surface area contributed by atoms with Crippen LogP contribution in [0.15, 0.2) is 17.5 Å². The molecule has 1 atom stereocenters. The van der Waals surface area contributed by atoms with Crippen molar-refractivity contribution in [3.63, 3.8) is 0 Å². The average molecular weight is 295 g/mol. The molecule has 2 aromatic rings. The lowest BCUT2D eigenvalue weighted by molar-refractivity contribution is -0.142. The highest BCUT2D eigenvalue weighted by Crippen LogP contribution is 2.19. The number of carbonyl (C=O) groups excluding carboxylic acids is 1. The number of amides is 1. The predicted molar refractivity (Wildman–Crippen MR) is 71.0 cm³/mol. The maximum atomic E-state index is 11.7. The molecule has 0 aliphatic heterocycles. The highest BCUT2D eigenvalue weighted by molar-refractivity contribution is 7.13. The van der Waals surface area contributed by atoms with Crippen LogP contribution in [-0.4, -0.2) is 43.2 Å². The summed E-state index contributed by atoms with van der Waals surface area (Å²) in [4.78, 5) is 24.5. The lowest BCUT2D eigenvalue weighted by atomic mass is 10.2. The highest BCUT2D eigenvalue weighted by Gasteiger charge is 2.18. The first-order valence-corrected chi connectivity index (χ1v) is 6.82. The van der Waals surface area contributed by atoms with E-state index < -0.39 is 17.9 Å². The lowest BCUT2D eigenvalue weighted by Gasteiger charge is -2.11. The van der Waals surface area contributed by atoms with Crippen molar-refractivity contribution in [1.82, 2.24) is 25.5 Å². The molecule has 0 aromatic carbocycles. The van der Waals surface area contributed by atoms with Gasteiger partial charge in [-0.05, 0) is 23.1 Å². The second-order valence-electron chi connectivity index (χ2n) is 3.99. The van der Waals surface area contributed by atoms with Crippen LogP contribution >= 0.6 is 11.3 Å². The number of hydrogen-bond acceptors (Lipinski definition) is 6. The van der Waals surface area contributed by atoms with Crippen LogP contribution in [0.1, 0.15) is 13.3 Å². The van der Waals surface area contributed by atoms with Crippen molar-refractivity contribution in [1.29, 1.82) is 0 Å². The zero-order valence-corrected chi connectivity index (χ0v) is 11.5. The lowest BCUT2D eigenvalue weighted by Crippen LogP contribution is -2.42. The van der Waals surface area contributed by atoms with Crippen LogP contribution in [0.4, 0.5) is 0 Å². The van der Waals surface area contributed by atoms with Crippen molar-refractivity contribution in [3.8, 4) is 10.7 Å². The van der Waals surface area contributed by atoms with E-state index in [4.69, 9.17) is 5.11 Å². The minimum atomic E-state index is -1.06. The summed E-state index contributed by atoms with van der Waals surface area (Å²) in [5.41, 5.74) is 0. The van der Waals surface area contributed by atoms with Crippen LogP contribution in [-0.2, 0) is 16.1 Å². The molecular formula is C11H13N5O3S. The van der Waals surface area contributed by atoms with Gasteiger partial charge in [-0.25, -0.2) is 4.79 Å². The Labute approximate surface area is 118 Å². The Morgan fingerprint density at radius 3 is 2.95 bits per heavy atom. The molecule has 0 bridgehead atoms. The maximum Gasteiger partial charge on any atom is 0.326 e. The number of thiophene rings is 1. The molecule has 0 saturated heterocycles. The summed E-state index contributed by atoms with van der Waals surface area (Å²) in [5.74, 6) is -1.08. The minimum absolute atomic E-state index is 0.165. The van der Waals surface area contributed by atoms with Crippen LogP contribution in [0.3, 0.4) is 0 Å². The number of rotatable bonds is 6. The van der Waals surface area contributed by atoms with Gasteiger partial charge in [0.05, 0.1) is 4.88 Å². The number of carbonyl (C=O) groups is 2.